The van der Waals surface area contributed by atoms with Crippen LogP contribution in [-0.4, -0.2) is 22.6 Å². The number of anilines is 1. The average Bonchev–Trinajstić information content (AvgIpc) is 2.67. The van der Waals surface area contributed by atoms with E-state index in [2.05, 4.69) is 4.98 Å². The molecule has 28 heavy (non-hydrogen) atoms. The second kappa shape index (κ2) is 8.56. The number of aromatic nitrogens is 1. The molecular weight excluding hydrogens is 358 g/mol. The van der Waals surface area contributed by atoms with Gasteiger partial charge in [-0.1, -0.05) is 12.1 Å². The molecule has 1 atom stereocenters. The molecule has 0 saturated heterocycles. The van der Waals surface area contributed by atoms with Gasteiger partial charge < -0.3 is 15.2 Å². The summed E-state index contributed by atoms with van der Waals surface area (Å²) in [5.74, 6) is 1.70. The molecule has 1 heterocycles. The van der Waals surface area contributed by atoms with Gasteiger partial charge in [0.15, 0.2) is 0 Å². The number of hydrogen-bond donors (Lipinski definition) is 1. The SMILES string of the molecule is Cc1ccc([N+](=O)[O-])cc1OC(C)CCCOc1cccc2ccc(N)nc12. The first kappa shape index (κ1) is 19.4. The van der Waals surface area contributed by atoms with Gasteiger partial charge in [-0.15, -0.1) is 0 Å². The molecule has 0 bridgehead atoms. The molecule has 0 spiro atoms. The topological polar surface area (TPSA) is 101 Å². The normalized spacial score (nSPS) is 11.9. The number of benzene rings is 2. The lowest BCUT2D eigenvalue weighted by molar-refractivity contribution is -0.385. The highest BCUT2D eigenvalue weighted by Crippen LogP contribution is 2.27. The van der Waals surface area contributed by atoms with Gasteiger partial charge >= 0.3 is 0 Å². The van der Waals surface area contributed by atoms with Crippen LogP contribution in [0.25, 0.3) is 10.9 Å². The zero-order valence-corrected chi connectivity index (χ0v) is 15.9. The smallest absolute Gasteiger partial charge is 0.273 e. The van der Waals surface area contributed by atoms with Crippen LogP contribution in [0.3, 0.4) is 0 Å². The number of aryl methyl sites for hydroxylation is 1. The van der Waals surface area contributed by atoms with Gasteiger partial charge in [-0.25, -0.2) is 4.98 Å². The van der Waals surface area contributed by atoms with Gasteiger partial charge in [0.25, 0.3) is 5.69 Å². The maximum Gasteiger partial charge on any atom is 0.273 e. The lowest BCUT2D eigenvalue weighted by Crippen LogP contribution is -2.14. The van der Waals surface area contributed by atoms with E-state index in [1.807, 2.05) is 38.1 Å². The van der Waals surface area contributed by atoms with Crippen LogP contribution in [0.4, 0.5) is 11.5 Å². The molecule has 7 nitrogen and oxygen atoms in total. The number of pyridine rings is 1. The van der Waals surface area contributed by atoms with Gasteiger partial charge in [0.1, 0.15) is 22.8 Å². The van der Waals surface area contributed by atoms with Crippen LogP contribution in [0.5, 0.6) is 11.5 Å². The number of nitrogens with two attached hydrogens (primary N) is 1. The predicted molar refractivity (Wildman–Crippen MR) is 109 cm³/mol. The van der Waals surface area contributed by atoms with Crippen LogP contribution in [0.15, 0.2) is 48.5 Å². The first-order valence-electron chi connectivity index (χ1n) is 9.14. The molecule has 3 rings (SSSR count). The minimum absolute atomic E-state index is 0.0267. The van der Waals surface area contributed by atoms with E-state index in [9.17, 15) is 10.1 Å². The van der Waals surface area contributed by atoms with E-state index < -0.39 is 4.92 Å². The lowest BCUT2D eigenvalue weighted by atomic mass is 10.2. The van der Waals surface area contributed by atoms with Gasteiger partial charge in [0.05, 0.1) is 23.7 Å². The molecule has 0 fully saturated rings. The Labute approximate surface area is 163 Å². The molecule has 1 unspecified atom stereocenters. The van der Waals surface area contributed by atoms with Crippen molar-refractivity contribution in [1.29, 1.82) is 0 Å². The number of nitro groups is 1. The number of nitrogen functional groups attached to an aromatic ring is 1. The minimum atomic E-state index is -0.421. The maximum atomic E-state index is 10.9. The number of fused-ring (bicyclic) bond motifs is 1. The molecule has 2 N–H and O–H groups in total. The first-order chi connectivity index (χ1) is 13.4. The fraction of sp³-hybridized carbons (Fsp3) is 0.286. The van der Waals surface area contributed by atoms with Crippen molar-refractivity contribution >= 4 is 22.4 Å². The van der Waals surface area contributed by atoms with Crippen LogP contribution in [-0.2, 0) is 0 Å². The van der Waals surface area contributed by atoms with Crippen molar-refractivity contribution in [2.75, 3.05) is 12.3 Å². The molecule has 7 heteroatoms. The van der Waals surface area contributed by atoms with Crippen LogP contribution in [0, 0.1) is 17.0 Å². The average molecular weight is 381 g/mol. The van der Waals surface area contributed by atoms with Crippen molar-refractivity contribution in [3.8, 4) is 11.5 Å². The van der Waals surface area contributed by atoms with E-state index in [4.69, 9.17) is 15.2 Å². The molecular formula is C21H23N3O4. The van der Waals surface area contributed by atoms with E-state index in [1.165, 1.54) is 12.1 Å². The third kappa shape index (κ3) is 4.68. The van der Waals surface area contributed by atoms with E-state index in [0.29, 0.717) is 23.9 Å². The number of nitro benzene ring substituents is 1. The van der Waals surface area contributed by atoms with Crippen molar-refractivity contribution in [2.24, 2.45) is 0 Å². The summed E-state index contributed by atoms with van der Waals surface area (Å²) >= 11 is 0. The Hall–Kier alpha value is -3.35. The maximum absolute atomic E-state index is 10.9. The summed E-state index contributed by atoms with van der Waals surface area (Å²) in [6, 6.07) is 14.1. The molecule has 1 aromatic heterocycles. The number of nitrogens with zero attached hydrogens (tertiary/aromatic N) is 2. The third-order valence-electron chi connectivity index (χ3n) is 4.43. The van der Waals surface area contributed by atoms with E-state index in [0.717, 1.165) is 29.3 Å². The molecule has 0 amide bonds. The van der Waals surface area contributed by atoms with Gasteiger partial charge in [-0.3, -0.25) is 10.1 Å². The summed E-state index contributed by atoms with van der Waals surface area (Å²) in [6.07, 6.45) is 1.43. The Morgan fingerprint density at radius 3 is 2.79 bits per heavy atom. The summed E-state index contributed by atoms with van der Waals surface area (Å²) in [5, 5.41) is 11.9. The monoisotopic (exact) mass is 381 g/mol. The van der Waals surface area contributed by atoms with Gasteiger partial charge in [0, 0.05) is 11.5 Å². The molecule has 146 valence electrons. The first-order valence-corrected chi connectivity index (χ1v) is 9.14. The van der Waals surface area contributed by atoms with Crippen LogP contribution in [0.1, 0.15) is 25.3 Å². The highest BCUT2D eigenvalue weighted by molar-refractivity contribution is 5.85. The molecule has 2 aromatic carbocycles. The lowest BCUT2D eigenvalue weighted by Gasteiger charge is -2.16. The quantitative estimate of drug-likeness (QED) is 0.346. The summed E-state index contributed by atoms with van der Waals surface area (Å²) < 4.78 is 11.8. The Morgan fingerprint density at radius 1 is 1.18 bits per heavy atom. The Morgan fingerprint density at radius 2 is 2.00 bits per heavy atom. The fourth-order valence-corrected chi connectivity index (χ4v) is 2.91. The van der Waals surface area contributed by atoms with Gasteiger partial charge in [0.2, 0.25) is 0 Å². The third-order valence-corrected chi connectivity index (χ3v) is 4.43. The number of hydrogen-bond acceptors (Lipinski definition) is 6. The highest BCUT2D eigenvalue weighted by Gasteiger charge is 2.12. The van der Waals surface area contributed by atoms with Crippen molar-refractivity contribution in [2.45, 2.75) is 32.8 Å². The van der Waals surface area contributed by atoms with E-state index in [-0.39, 0.29) is 11.8 Å². The van der Waals surface area contributed by atoms with Crippen LogP contribution < -0.4 is 15.2 Å². The van der Waals surface area contributed by atoms with Crippen molar-refractivity contribution in [3.63, 3.8) is 0 Å². The van der Waals surface area contributed by atoms with Crippen molar-refractivity contribution in [3.05, 3.63) is 64.2 Å². The zero-order chi connectivity index (χ0) is 20.1. The highest BCUT2D eigenvalue weighted by atomic mass is 16.6. The second-order valence-corrected chi connectivity index (χ2v) is 6.69. The Kier molecular flexibility index (Phi) is 5.93. The van der Waals surface area contributed by atoms with Crippen molar-refractivity contribution in [1.82, 2.24) is 4.98 Å². The van der Waals surface area contributed by atoms with Crippen LogP contribution >= 0.6 is 0 Å². The zero-order valence-electron chi connectivity index (χ0n) is 15.9. The van der Waals surface area contributed by atoms with Crippen LogP contribution in [0.2, 0.25) is 0 Å². The van der Waals surface area contributed by atoms with Crippen molar-refractivity contribution < 1.29 is 14.4 Å². The predicted octanol–water partition coefficient (Wildman–Crippen LogP) is 4.66. The van der Waals surface area contributed by atoms with Gasteiger partial charge in [-0.2, -0.15) is 0 Å². The number of non-ortho nitro benzene ring substituents is 1. The Balaban J connectivity index is 1.54. The molecule has 0 saturated carbocycles. The summed E-state index contributed by atoms with van der Waals surface area (Å²) in [7, 11) is 0. The minimum Gasteiger partial charge on any atom is -0.491 e. The van der Waals surface area contributed by atoms with Gasteiger partial charge in [-0.05, 0) is 56.5 Å². The van der Waals surface area contributed by atoms with E-state index in [1.54, 1.807) is 12.1 Å². The summed E-state index contributed by atoms with van der Waals surface area (Å²) in [4.78, 5) is 14.9. The standard InChI is InChI=1S/C21H23N3O4/c1-14-8-10-17(24(25)26)13-19(14)28-15(2)5-4-12-27-18-7-3-6-16-9-11-20(22)23-21(16)18/h3,6-11,13,15H,4-5,12H2,1-2H3,(H2,22,23). The summed E-state index contributed by atoms with van der Waals surface area (Å²) in [5.41, 5.74) is 7.42. The Bertz CT molecular complexity index is 991. The summed E-state index contributed by atoms with van der Waals surface area (Å²) in [6.45, 7) is 4.32. The number of ether oxygens (including phenoxy) is 2. The number of para-hydroxylation sites is 1. The number of rotatable bonds is 8. The fourth-order valence-electron chi connectivity index (χ4n) is 2.91. The molecule has 0 aliphatic heterocycles. The molecule has 3 aromatic rings. The molecule has 0 aliphatic carbocycles. The molecule has 0 radical (unpaired) electrons. The molecule has 0 aliphatic rings. The van der Waals surface area contributed by atoms with E-state index >= 15 is 0 Å². The second-order valence-electron chi connectivity index (χ2n) is 6.69. The largest absolute Gasteiger partial charge is 0.491 e.